The Kier molecular flexibility index (Phi) is 5.56. The van der Waals surface area contributed by atoms with Crippen molar-refractivity contribution in [3.63, 3.8) is 0 Å². The van der Waals surface area contributed by atoms with Crippen LogP contribution >= 0.6 is 0 Å². The predicted octanol–water partition coefficient (Wildman–Crippen LogP) is 4.41. The van der Waals surface area contributed by atoms with Gasteiger partial charge in [0.15, 0.2) is 0 Å². The van der Waals surface area contributed by atoms with E-state index in [0.29, 0.717) is 29.2 Å². The van der Waals surface area contributed by atoms with Crippen LogP contribution in [0.4, 0.5) is 5.69 Å². The van der Waals surface area contributed by atoms with E-state index in [1.165, 1.54) is 0 Å². The standard InChI is InChI=1S/C24H22N2O3/c27-23(26-22-9-5-4-8-21(22)24(28)25-19-12-13-19)18-10-14-20(15-11-18)29-16-17-6-2-1-3-7-17/h1-11,14-15,19H,12-13,16H2,(H,25,28)(H,26,27). The monoisotopic (exact) mass is 386 g/mol. The SMILES string of the molecule is O=C(Nc1ccccc1C(=O)NC1CC1)c1ccc(OCc2ccccc2)cc1. The van der Waals surface area contributed by atoms with Crippen LogP contribution in [0.3, 0.4) is 0 Å². The third kappa shape index (κ3) is 5.02. The number of amides is 2. The summed E-state index contributed by atoms with van der Waals surface area (Å²) in [5.74, 6) is 0.258. The normalized spacial score (nSPS) is 12.8. The molecule has 146 valence electrons. The maximum absolute atomic E-state index is 12.6. The molecule has 0 saturated heterocycles. The molecule has 3 aromatic carbocycles. The second kappa shape index (κ2) is 8.61. The molecule has 5 nitrogen and oxygen atoms in total. The van der Waals surface area contributed by atoms with E-state index in [9.17, 15) is 9.59 Å². The fourth-order valence-corrected chi connectivity index (χ4v) is 2.92. The zero-order valence-corrected chi connectivity index (χ0v) is 15.9. The quantitative estimate of drug-likeness (QED) is 0.632. The molecule has 0 aliphatic heterocycles. The summed E-state index contributed by atoms with van der Waals surface area (Å²) >= 11 is 0. The van der Waals surface area contributed by atoms with Gasteiger partial charge in [0, 0.05) is 11.6 Å². The van der Waals surface area contributed by atoms with Gasteiger partial charge in [0.1, 0.15) is 12.4 Å². The summed E-state index contributed by atoms with van der Waals surface area (Å²) in [5, 5.41) is 5.79. The highest BCUT2D eigenvalue weighted by Gasteiger charge is 2.25. The van der Waals surface area contributed by atoms with Gasteiger partial charge < -0.3 is 15.4 Å². The Hall–Kier alpha value is -3.60. The lowest BCUT2D eigenvalue weighted by Crippen LogP contribution is -2.27. The summed E-state index contributed by atoms with van der Waals surface area (Å²) in [7, 11) is 0. The van der Waals surface area contributed by atoms with Gasteiger partial charge in [-0.15, -0.1) is 0 Å². The molecule has 0 bridgehead atoms. The van der Waals surface area contributed by atoms with Crippen molar-refractivity contribution in [3.05, 3.63) is 95.6 Å². The average Bonchev–Trinajstić information content (AvgIpc) is 3.57. The third-order valence-electron chi connectivity index (χ3n) is 4.70. The first-order valence-corrected chi connectivity index (χ1v) is 9.67. The van der Waals surface area contributed by atoms with Crippen LogP contribution in [-0.2, 0) is 6.61 Å². The first kappa shape index (κ1) is 18.7. The Morgan fingerprint density at radius 2 is 1.52 bits per heavy atom. The number of para-hydroxylation sites is 1. The number of carbonyl (C=O) groups is 2. The van der Waals surface area contributed by atoms with E-state index < -0.39 is 0 Å². The second-order valence-electron chi connectivity index (χ2n) is 7.05. The molecule has 4 rings (SSSR count). The molecule has 0 spiro atoms. The minimum Gasteiger partial charge on any atom is -0.489 e. The lowest BCUT2D eigenvalue weighted by molar-refractivity contribution is 0.0952. The molecule has 29 heavy (non-hydrogen) atoms. The van der Waals surface area contributed by atoms with Gasteiger partial charge in [0.2, 0.25) is 0 Å². The number of benzene rings is 3. The first-order valence-electron chi connectivity index (χ1n) is 9.67. The van der Waals surface area contributed by atoms with Crippen molar-refractivity contribution in [2.24, 2.45) is 0 Å². The van der Waals surface area contributed by atoms with Crippen molar-refractivity contribution >= 4 is 17.5 Å². The molecule has 5 heteroatoms. The molecule has 0 unspecified atom stereocenters. The van der Waals surface area contributed by atoms with E-state index in [4.69, 9.17) is 4.74 Å². The Balaban J connectivity index is 1.39. The van der Waals surface area contributed by atoms with Crippen LogP contribution in [0.5, 0.6) is 5.75 Å². The zero-order chi connectivity index (χ0) is 20.1. The average molecular weight is 386 g/mol. The summed E-state index contributed by atoms with van der Waals surface area (Å²) in [5.41, 5.74) is 2.54. The molecule has 1 fully saturated rings. The van der Waals surface area contributed by atoms with Gasteiger partial charge in [-0.05, 0) is 54.8 Å². The summed E-state index contributed by atoms with van der Waals surface area (Å²) in [6, 6.07) is 24.1. The van der Waals surface area contributed by atoms with Gasteiger partial charge in [-0.25, -0.2) is 0 Å². The molecule has 0 atom stereocenters. The van der Waals surface area contributed by atoms with E-state index in [1.807, 2.05) is 30.3 Å². The highest BCUT2D eigenvalue weighted by molar-refractivity contribution is 6.09. The maximum atomic E-state index is 12.6. The van der Waals surface area contributed by atoms with Crippen LogP contribution in [0.25, 0.3) is 0 Å². The van der Waals surface area contributed by atoms with Crippen LogP contribution in [0, 0.1) is 0 Å². The number of hydrogen-bond donors (Lipinski definition) is 2. The lowest BCUT2D eigenvalue weighted by atomic mass is 10.1. The van der Waals surface area contributed by atoms with Crippen LogP contribution in [0.1, 0.15) is 39.1 Å². The number of rotatable bonds is 7. The van der Waals surface area contributed by atoms with Crippen molar-refractivity contribution in [2.75, 3.05) is 5.32 Å². The van der Waals surface area contributed by atoms with Gasteiger partial charge in [0.25, 0.3) is 11.8 Å². The molecule has 0 heterocycles. The topological polar surface area (TPSA) is 67.4 Å². The summed E-state index contributed by atoms with van der Waals surface area (Å²) in [4.78, 5) is 25.0. The molecule has 3 aromatic rings. The molecule has 2 N–H and O–H groups in total. The highest BCUT2D eigenvalue weighted by Crippen LogP contribution is 2.22. The van der Waals surface area contributed by atoms with E-state index >= 15 is 0 Å². The number of anilines is 1. The van der Waals surface area contributed by atoms with Gasteiger partial charge in [-0.3, -0.25) is 9.59 Å². The van der Waals surface area contributed by atoms with Crippen LogP contribution < -0.4 is 15.4 Å². The minimum atomic E-state index is -0.272. The van der Waals surface area contributed by atoms with Crippen LogP contribution in [0.2, 0.25) is 0 Å². The summed E-state index contributed by atoms with van der Waals surface area (Å²) in [6.45, 7) is 0.468. The molecule has 1 aliphatic carbocycles. The Morgan fingerprint density at radius 1 is 0.828 bits per heavy atom. The largest absolute Gasteiger partial charge is 0.489 e. The molecule has 2 amide bonds. The van der Waals surface area contributed by atoms with Crippen molar-refractivity contribution in [3.8, 4) is 5.75 Å². The van der Waals surface area contributed by atoms with Crippen molar-refractivity contribution < 1.29 is 14.3 Å². The fraction of sp³-hybridized carbons (Fsp3) is 0.167. The second-order valence-corrected chi connectivity index (χ2v) is 7.05. The van der Waals surface area contributed by atoms with Gasteiger partial charge in [-0.1, -0.05) is 42.5 Å². The maximum Gasteiger partial charge on any atom is 0.255 e. The summed E-state index contributed by atoms with van der Waals surface area (Å²) < 4.78 is 5.75. The van der Waals surface area contributed by atoms with Gasteiger partial charge >= 0.3 is 0 Å². The number of carbonyl (C=O) groups excluding carboxylic acids is 2. The Labute approximate surface area is 169 Å². The van der Waals surface area contributed by atoms with Crippen molar-refractivity contribution in [1.82, 2.24) is 5.32 Å². The predicted molar refractivity (Wildman–Crippen MR) is 112 cm³/mol. The molecule has 0 aromatic heterocycles. The zero-order valence-electron chi connectivity index (χ0n) is 15.9. The lowest BCUT2D eigenvalue weighted by Gasteiger charge is -2.12. The van der Waals surface area contributed by atoms with Crippen LogP contribution in [-0.4, -0.2) is 17.9 Å². The molecule has 1 aliphatic rings. The van der Waals surface area contributed by atoms with Gasteiger partial charge in [0.05, 0.1) is 11.3 Å². The summed E-state index contributed by atoms with van der Waals surface area (Å²) in [6.07, 6.45) is 2.03. The molecule has 1 saturated carbocycles. The fourth-order valence-electron chi connectivity index (χ4n) is 2.92. The van der Waals surface area contributed by atoms with E-state index in [0.717, 1.165) is 18.4 Å². The smallest absolute Gasteiger partial charge is 0.255 e. The Bertz CT molecular complexity index is 996. The molecule has 0 radical (unpaired) electrons. The number of ether oxygens (including phenoxy) is 1. The van der Waals surface area contributed by atoms with E-state index in [-0.39, 0.29) is 17.9 Å². The number of nitrogens with one attached hydrogen (secondary N) is 2. The van der Waals surface area contributed by atoms with Gasteiger partial charge in [-0.2, -0.15) is 0 Å². The van der Waals surface area contributed by atoms with Crippen LogP contribution in [0.15, 0.2) is 78.9 Å². The van der Waals surface area contributed by atoms with E-state index in [2.05, 4.69) is 10.6 Å². The molecular formula is C24H22N2O3. The van der Waals surface area contributed by atoms with Crippen molar-refractivity contribution in [2.45, 2.75) is 25.5 Å². The number of hydrogen-bond acceptors (Lipinski definition) is 3. The molecular weight excluding hydrogens is 364 g/mol. The highest BCUT2D eigenvalue weighted by atomic mass is 16.5. The minimum absolute atomic E-state index is 0.159. The Morgan fingerprint density at radius 3 is 2.24 bits per heavy atom. The van der Waals surface area contributed by atoms with Crippen molar-refractivity contribution in [1.29, 1.82) is 0 Å². The van der Waals surface area contributed by atoms with E-state index in [1.54, 1.807) is 48.5 Å². The first-order chi connectivity index (χ1) is 14.2. The third-order valence-corrected chi connectivity index (χ3v) is 4.70.